The van der Waals surface area contributed by atoms with Gasteiger partial charge in [-0.1, -0.05) is 47.7 Å². The number of hydrogen-bond acceptors (Lipinski definition) is 4. The summed E-state index contributed by atoms with van der Waals surface area (Å²) >= 11 is 0. The van der Waals surface area contributed by atoms with Crippen molar-refractivity contribution < 1.29 is 4.74 Å². The molecular weight excluding hydrogens is 300 g/mol. The topological polar surface area (TPSA) is 43.2 Å². The van der Waals surface area contributed by atoms with Gasteiger partial charge in [0, 0.05) is 32.3 Å². The van der Waals surface area contributed by atoms with Crippen molar-refractivity contribution in [3.8, 4) is 0 Å². The average Bonchev–Trinajstić information content (AvgIpc) is 3.09. The number of nitrogens with zero attached hydrogens (tertiary/aromatic N) is 4. The lowest BCUT2D eigenvalue weighted by molar-refractivity contribution is 0.0383. The van der Waals surface area contributed by atoms with Gasteiger partial charge in [-0.05, 0) is 16.3 Å². The minimum absolute atomic E-state index is 0.756. The van der Waals surface area contributed by atoms with Crippen molar-refractivity contribution in [1.29, 1.82) is 0 Å². The Morgan fingerprint density at radius 1 is 1.00 bits per heavy atom. The highest BCUT2D eigenvalue weighted by molar-refractivity contribution is 5.85. The fraction of sp³-hybridized carbons (Fsp3) is 0.368. The molecule has 0 aliphatic carbocycles. The Morgan fingerprint density at radius 3 is 2.75 bits per heavy atom. The molecule has 124 valence electrons. The van der Waals surface area contributed by atoms with Crippen LogP contribution in [0.5, 0.6) is 0 Å². The summed E-state index contributed by atoms with van der Waals surface area (Å²) in [6, 6.07) is 14.9. The molecule has 0 spiro atoms. The highest BCUT2D eigenvalue weighted by Crippen LogP contribution is 2.19. The molecule has 2 aromatic carbocycles. The smallest absolute Gasteiger partial charge is 0.0840 e. The SMILES string of the molecule is c1ccc2c(Cn3cc(CCN4CCOCC4)nn3)cccc2c1. The van der Waals surface area contributed by atoms with Crippen LogP contribution >= 0.6 is 0 Å². The largest absolute Gasteiger partial charge is 0.379 e. The second-order valence-electron chi connectivity index (χ2n) is 6.25. The van der Waals surface area contributed by atoms with Gasteiger partial charge in [0.1, 0.15) is 0 Å². The number of rotatable bonds is 5. The monoisotopic (exact) mass is 322 g/mol. The number of benzene rings is 2. The second kappa shape index (κ2) is 7.11. The van der Waals surface area contributed by atoms with Gasteiger partial charge in [0.25, 0.3) is 0 Å². The minimum Gasteiger partial charge on any atom is -0.379 e. The van der Waals surface area contributed by atoms with Gasteiger partial charge >= 0.3 is 0 Å². The zero-order valence-electron chi connectivity index (χ0n) is 13.8. The summed E-state index contributed by atoms with van der Waals surface area (Å²) in [4.78, 5) is 2.42. The van der Waals surface area contributed by atoms with Gasteiger partial charge in [0.05, 0.1) is 25.5 Å². The summed E-state index contributed by atoms with van der Waals surface area (Å²) in [5.41, 5.74) is 2.33. The van der Waals surface area contributed by atoms with Gasteiger partial charge in [0.15, 0.2) is 0 Å². The van der Waals surface area contributed by atoms with Gasteiger partial charge in [-0.25, -0.2) is 4.68 Å². The predicted molar refractivity (Wildman–Crippen MR) is 94.0 cm³/mol. The lowest BCUT2D eigenvalue weighted by Gasteiger charge is -2.25. The third kappa shape index (κ3) is 3.47. The summed E-state index contributed by atoms with van der Waals surface area (Å²) in [6.07, 6.45) is 3.01. The molecule has 24 heavy (non-hydrogen) atoms. The molecule has 0 N–H and O–H groups in total. The molecule has 0 amide bonds. The van der Waals surface area contributed by atoms with Crippen LogP contribution in [0.3, 0.4) is 0 Å². The fourth-order valence-corrected chi connectivity index (χ4v) is 3.23. The molecule has 0 atom stereocenters. The Labute approximate surface area is 141 Å². The van der Waals surface area contributed by atoms with Crippen LogP contribution in [0.15, 0.2) is 48.7 Å². The number of hydrogen-bond donors (Lipinski definition) is 0. The first kappa shape index (κ1) is 15.3. The van der Waals surface area contributed by atoms with Gasteiger partial charge in [-0.2, -0.15) is 0 Å². The summed E-state index contributed by atoms with van der Waals surface area (Å²) in [6.45, 7) is 5.50. The van der Waals surface area contributed by atoms with E-state index in [9.17, 15) is 0 Å². The molecule has 5 heteroatoms. The van der Waals surface area contributed by atoms with E-state index in [1.54, 1.807) is 0 Å². The van der Waals surface area contributed by atoms with Gasteiger partial charge in [-0.3, -0.25) is 4.90 Å². The van der Waals surface area contributed by atoms with Crippen molar-refractivity contribution in [2.75, 3.05) is 32.8 Å². The van der Waals surface area contributed by atoms with Crippen molar-refractivity contribution in [3.63, 3.8) is 0 Å². The van der Waals surface area contributed by atoms with Gasteiger partial charge in [-0.15, -0.1) is 5.10 Å². The van der Waals surface area contributed by atoms with Crippen LogP contribution in [0, 0.1) is 0 Å². The van der Waals surface area contributed by atoms with Crippen molar-refractivity contribution in [3.05, 3.63) is 59.9 Å². The van der Waals surface area contributed by atoms with Crippen LogP contribution in [0.1, 0.15) is 11.3 Å². The Morgan fingerprint density at radius 2 is 1.83 bits per heavy atom. The second-order valence-corrected chi connectivity index (χ2v) is 6.25. The highest BCUT2D eigenvalue weighted by atomic mass is 16.5. The number of morpholine rings is 1. The lowest BCUT2D eigenvalue weighted by Crippen LogP contribution is -2.37. The first-order valence-electron chi connectivity index (χ1n) is 8.54. The van der Waals surface area contributed by atoms with Crippen molar-refractivity contribution >= 4 is 10.8 Å². The van der Waals surface area contributed by atoms with Crippen LogP contribution < -0.4 is 0 Å². The molecule has 1 aliphatic heterocycles. The minimum atomic E-state index is 0.756. The van der Waals surface area contributed by atoms with Crippen LogP contribution in [-0.2, 0) is 17.7 Å². The van der Waals surface area contributed by atoms with Gasteiger partial charge < -0.3 is 4.74 Å². The Kier molecular flexibility index (Phi) is 4.53. The third-order valence-electron chi connectivity index (χ3n) is 4.59. The maximum absolute atomic E-state index is 5.38. The Hall–Kier alpha value is -2.24. The summed E-state index contributed by atoms with van der Waals surface area (Å²) in [5.74, 6) is 0. The van der Waals surface area contributed by atoms with Crippen molar-refractivity contribution in [1.82, 2.24) is 19.9 Å². The van der Waals surface area contributed by atoms with Crippen LogP contribution in [-0.4, -0.2) is 52.7 Å². The summed E-state index contributed by atoms with van der Waals surface area (Å²) in [7, 11) is 0. The van der Waals surface area contributed by atoms with Gasteiger partial charge in [0.2, 0.25) is 0 Å². The molecule has 1 aromatic heterocycles. The summed E-state index contributed by atoms with van der Waals surface area (Å²) < 4.78 is 7.32. The number of fused-ring (bicyclic) bond motifs is 1. The van der Waals surface area contributed by atoms with Crippen LogP contribution in [0.25, 0.3) is 10.8 Å². The van der Waals surface area contributed by atoms with E-state index < -0.39 is 0 Å². The van der Waals surface area contributed by atoms with E-state index in [-0.39, 0.29) is 0 Å². The molecule has 3 aromatic rings. The van der Waals surface area contributed by atoms with E-state index in [4.69, 9.17) is 4.74 Å². The molecule has 1 fully saturated rings. The molecule has 0 bridgehead atoms. The number of aromatic nitrogens is 3. The fourth-order valence-electron chi connectivity index (χ4n) is 3.23. The molecule has 1 saturated heterocycles. The Balaban J connectivity index is 1.43. The van der Waals surface area contributed by atoms with Crippen molar-refractivity contribution in [2.45, 2.75) is 13.0 Å². The molecule has 4 rings (SSSR count). The van der Waals surface area contributed by atoms with Crippen LogP contribution in [0.4, 0.5) is 0 Å². The first-order valence-corrected chi connectivity index (χ1v) is 8.54. The lowest BCUT2D eigenvalue weighted by atomic mass is 10.0. The Bertz CT molecular complexity index is 802. The average molecular weight is 322 g/mol. The molecular formula is C19H22N4O. The molecule has 0 saturated carbocycles. The summed E-state index contributed by atoms with van der Waals surface area (Å²) in [5, 5.41) is 11.2. The standard InChI is InChI=1S/C19H22N4O/c1-2-7-19-16(4-1)5-3-6-17(19)14-23-15-18(20-21-23)8-9-22-10-12-24-13-11-22/h1-7,15H,8-14H2. The van der Waals surface area contributed by atoms with Crippen LogP contribution in [0.2, 0.25) is 0 Å². The van der Waals surface area contributed by atoms with E-state index >= 15 is 0 Å². The highest BCUT2D eigenvalue weighted by Gasteiger charge is 2.11. The predicted octanol–water partition coefficient (Wildman–Crippen LogP) is 2.35. The third-order valence-corrected chi connectivity index (χ3v) is 4.59. The molecule has 1 aliphatic rings. The van der Waals surface area contributed by atoms with E-state index in [2.05, 4.69) is 63.9 Å². The van der Waals surface area contributed by atoms with E-state index in [0.717, 1.165) is 51.5 Å². The maximum Gasteiger partial charge on any atom is 0.0840 e. The molecule has 0 radical (unpaired) electrons. The quantitative estimate of drug-likeness (QED) is 0.723. The molecule has 0 unspecified atom stereocenters. The van der Waals surface area contributed by atoms with E-state index in [1.807, 2.05) is 4.68 Å². The van der Waals surface area contributed by atoms with Crippen molar-refractivity contribution in [2.24, 2.45) is 0 Å². The molecule has 5 nitrogen and oxygen atoms in total. The maximum atomic E-state index is 5.38. The normalized spacial score (nSPS) is 15.8. The zero-order chi connectivity index (χ0) is 16.2. The number of ether oxygens (including phenoxy) is 1. The molecule has 2 heterocycles. The van der Waals surface area contributed by atoms with E-state index in [1.165, 1.54) is 16.3 Å². The van der Waals surface area contributed by atoms with E-state index in [0.29, 0.717) is 0 Å². The zero-order valence-corrected chi connectivity index (χ0v) is 13.8. The first-order chi connectivity index (χ1) is 11.9.